The van der Waals surface area contributed by atoms with Gasteiger partial charge >= 0.3 is 0 Å². The number of nitro groups is 1. The van der Waals surface area contributed by atoms with E-state index in [4.69, 9.17) is 0 Å². The monoisotopic (exact) mass is 326 g/mol. The molecule has 0 aliphatic rings. The third kappa shape index (κ3) is 4.19. The van der Waals surface area contributed by atoms with Gasteiger partial charge in [0, 0.05) is 17.8 Å². The molecule has 0 heterocycles. The molecule has 2 rings (SSSR count). The summed E-state index contributed by atoms with van der Waals surface area (Å²) in [5.74, 6) is -0.0334. The number of nitrogens with zero attached hydrogens (tertiary/aromatic N) is 1. The van der Waals surface area contributed by atoms with Crippen molar-refractivity contribution in [3.8, 4) is 0 Å². The Balaban J connectivity index is 2.04. The summed E-state index contributed by atoms with van der Waals surface area (Å²) in [7, 11) is 0. The summed E-state index contributed by atoms with van der Waals surface area (Å²) in [5, 5.41) is 13.6. The first-order valence-corrected chi connectivity index (χ1v) is 8.07. The molecule has 0 saturated heterocycles. The molecule has 2 aromatic rings. The third-order valence-corrected chi connectivity index (χ3v) is 4.36. The van der Waals surface area contributed by atoms with Gasteiger partial charge in [0.25, 0.3) is 5.69 Å². The molecule has 0 bridgehead atoms. The van der Waals surface area contributed by atoms with E-state index in [1.54, 1.807) is 19.1 Å². The van der Waals surface area contributed by atoms with Crippen LogP contribution in [-0.4, -0.2) is 10.8 Å². The first-order chi connectivity index (χ1) is 11.4. The zero-order chi connectivity index (χ0) is 17.7. The fraction of sp³-hybridized carbons (Fsp3) is 0.316. The molecular formula is C19H22N2O3. The SMILES string of the molecule is CC[C@H](C)c1ccc(NC(=O)[C@H](C)c2ccc([N+](=O)[O-])cc2)cc1. The van der Waals surface area contributed by atoms with E-state index in [0.717, 1.165) is 17.7 Å². The molecule has 0 aromatic heterocycles. The Bertz CT molecular complexity index is 708. The van der Waals surface area contributed by atoms with Gasteiger partial charge in [-0.15, -0.1) is 0 Å². The van der Waals surface area contributed by atoms with Crippen LogP contribution in [0.5, 0.6) is 0 Å². The lowest BCUT2D eigenvalue weighted by Crippen LogP contribution is -2.18. The average Bonchev–Trinajstić information content (AvgIpc) is 2.61. The van der Waals surface area contributed by atoms with Crippen LogP contribution in [0.3, 0.4) is 0 Å². The van der Waals surface area contributed by atoms with Crippen LogP contribution < -0.4 is 5.32 Å². The summed E-state index contributed by atoms with van der Waals surface area (Å²) in [6.07, 6.45) is 1.07. The maximum atomic E-state index is 12.4. The Morgan fingerprint density at radius 1 is 1.04 bits per heavy atom. The number of carbonyl (C=O) groups is 1. The molecule has 2 atom stereocenters. The van der Waals surface area contributed by atoms with Crippen molar-refractivity contribution in [1.82, 2.24) is 0 Å². The van der Waals surface area contributed by atoms with Gasteiger partial charge in [-0.1, -0.05) is 38.1 Å². The zero-order valence-electron chi connectivity index (χ0n) is 14.2. The first-order valence-electron chi connectivity index (χ1n) is 8.07. The fourth-order valence-electron chi connectivity index (χ4n) is 2.42. The van der Waals surface area contributed by atoms with Crippen LogP contribution in [0.4, 0.5) is 11.4 Å². The molecule has 2 aromatic carbocycles. The molecule has 0 unspecified atom stereocenters. The van der Waals surface area contributed by atoms with E-state index in [-0.39, 0.29) is 17.5 Å². The Morgan fingerprint density at radius 2 is 1.58 bits per heavy atom. The van der Waals surface area contributed by atoms with Crippen molar-refractivity contribution >= 4 is 17.3 Å². The van der Waals surface area contributed by atoms with Gasteiger partial charge in [0.15, 0.2) is 0 Å². The fourth-order valence-corrected chi connectivity index (χ4v) is 2.42. The minimum absolute atomic E-state index is 0.0204. The van der Waals surface area contributed by atoms with Gasteiger partial charge < -0.3 is 5.32 Å². The van der Waals surface area contributed by atoms with Crippen LogP contribution in [0.25, 0.3) is 0 Å². The highest BCUT2D eigenvalue weighted by molar-refractivity contribution is 5.95. The highest BCUT2D eigenvalue weighted by Gasteiger charge is 2.16. The van der Waals surface area contributed by atoms with E-state index in [0.29, 0.717) is 5.92 Å². The second-order valence-electron chi connectivity index (χ2n) is 5.99. The van der Waals surface area contributed by atoms with E-state index in [2.05, 4.69) is 19.2 Å². The minimum atomic E-state index is -0.451. The van der Waals surface area contributed by atoms with Crippen molar-refractivity contribution in [1.29, 1.82) is 0 Å². The normalized spacial score (nSPS) is 13.1. The number of hydrogen-bond donors (Lipinski definition) is 1. The quantitative estimate of drug-likeness (QED) is 0.609. The van der Waals surface area contributed by atoms with E-state index >= 15 is 0 Å². The number of hydrogen-bond acceptors (Lipinski definition) is 3. The second-order valence-corrected chi connectivity index (χ2v) is 5.99. The van der Waals surface area contributed by atoms with Crippen LogP contribution in [0.2, 0.25) is 0 Å². The Labute approximate surface area is 141 Å². The maximum Gasteiger partial charge on any atom is 0.269 e. The number of carbonyl (C=O) groups excluding carboxylic acids is 1. The Morgan fingerprint density at radius 3 is 2.08 bits per heavy atom. The molecule has 0 spiro atoms. The summed E-state index contributed by atoms with van der Waals surface area (Å²) < 4.78 is 0. The summed E-state index contributed by atoms with van der Waals surface area (Å²) in [6.45, 7) is 6.10. The van der Waals surface area contributed by atoms with Gasteiger partial charge in [0.1, 0.15) is 0 Å². The van der Waals surface area contributed by atoms with Gasteiger partial charge in [-0.2, -0.15) is 0 Å². The minimum Gasteiger partial charge on any atom is -0.326 e. The molecule has 126 valence electrons. The molecule has 5 heteroatoms. The predicted octanol–water partition coefficient (Wildman–Crippen LogP) is 4.85. The predicted molar refractivity (Wildman–Crippen MR) is 95.3 cm³/mol. The smallest absolute Gasteiger partial charge is 0.269 e. The van der Waals surface area contributed by atoms with Crippen LogP contribution >= 0.6 is 0 Å². The number of nitrogens with one attached hydrogen (secondary N) is 1. The molecular weight excluding hydrogens is 304 g/mol. The molecule has 0 fully saturated rings. The van der Waals surface area contributed by atoms with Crippen molar-refractivity contribution in [3.05, 3.63) is 69.8 Å². The second kappa shape index (κ2) is 7.73. The first kappa shape index (κ1) is 17.7. The summed E-state index contributed by atoms with van der Waals surface area (Å²) in [5.41, 5.74) is 2.76. The van der Waals surface area contributed by atoms with Gasteiger partial charge in [-0.25, -0.2) is 0 Å². The molecule has 0 aliphatic carbocycles. The van der Waals surface area contributed by atoms with Gasteiger partial charge in [-0.3, -0.25) is 14.9 Å². The standard InChI is InChI=1S/C19H22N2O3/c1-4-13(2)15-5-9-17(10-6-15)20-19(22)14(3)16-7-11-18(12-8-16)21(23)24/h5-14H,4H2,1-3H3,(H,20,22)/t13-,14+/m0/s1. The number of rotatable bonds is 6. The van der Waals surface area contributed by atoms with Gasteiger partial charge in [0.05, 0.1) is 10.8 Å². The van der Waals surface area contributed by atoms with Crippen molar-refractivity contribution in [2.45, 2.75) is 39.0 Å². The molecule has 1 N–H and O–H groups in total. The van der Waals surface area contributed by atoms with Crippen LogP contribution in [0.15, 0.2) is 48.5 Å². The summed E-state index contributed by atoms with van der Waals surface area (Å²) in [6, 6.07) is 13.9. The lowest BCUT2D eigenvalue weighted by atomic mass is 9.98. The maximum absolute atomic E-state index is 12.4. The van der Waals surface area contributed by atoms with Crippen LogP contribution in [-0.2, 0) is 4.79 Å². The van der Waals surface area contributed by atoms with Crippen molar-refractivity contribution in [3.63, 3.8) is 0 Å². The highest BCUT2D eigenvalue weighted by atomic mass is 16.6. The van der Waals surface area contributed by atoms with Gasteiger partial charge in [0.2, 0.25) is 5.91 Å². The van der Waals surface area contributed by atoms with E-state index < -0.39 is 4.92 Å². The molecule has 0 saturated carbocycles. The van der Waals surface area contributed by atoms with E-state index in [9.17, 15) is 14.9 Å². The summed E-state index contributed by atoms with van der Waals surface area (Å²) >= 11 is 0. The third-order valence-electron chi connectivity index (χ3n) is 4.36. The number of non-ortho nitro benzene ring substituents is 1. The Kier molecular flexibility index (Phi) is 5.68. The van der Waals surface area contributed by atoms with E-state index in [1.165, 1.54) is 17.7 Å². The van der Waals surface area contributed by atoms with Crippen molar-refractivity contribution < 1.29 is 9.72 Å². The van der Waals surface area contributed by atoms with Gasteiger partial charge in [-0.05, 0) is 42.5 Å². The molecule has 5 nitrogen and oxygen atoms in total. The number of amides is 1. The lowest BCUT2D eigenvalue weighted by Gasteiger charge is -2.14. The average molecular weight is 326 g/mol. The highest BCUT2D eigenvalue weighted by Crippen LogP contribution is 2.23. The zero-order valence-corrected chi connectivity index (χ0v) is 14.2. The molecule has 24 heavy (non-hydrogen) atoms. The lowest BCUT2D eigenvalue weighted by molar-refractivity contribution is -0.384. The van der Waals surface area contributed by atoms with Crippen LogP contribution in [0, 0.1) is 10.1 Å². The molecule has 0 radical (unpaired) electrons. The number of anilines is 1. The number of benzene rings is 2. The van der Waals surface area contributed by atoms with Crippen molar-refractivity contribution in [2.24, 2.45) is 0 Å². The van der Waals surface area contributed by atoms with E-state index in [1.807, 2.05) is 24.3 Å². The molecule has 0 aliphatic heterocycles. The number of nitro benzene ring substituents is 1. The molecule has 1 amide bonds. The van der Waals surface area contributed by atoms with Crippen LogP contribution in [0.1, 0.15) is 50.2 Å². The topological polar surface area (TPSA) is 72.2 Å². The van der Waals surface area contributed by atoms with Crippen molar-refractivity contribution in [2.75, 3.05) is 5.32 Å². The largest absolute Gasteiger partial charge is 0.326 e. The summed E-state index contributed by atoms with van der Waals surface area (Å²) in [4.78, 5) is 22.6. The Hall–Kier alpha value is -2.69.